The molecule has 1 aliphatic heterocycles. The fourth-order valence-electron chi connectivity index (χ4n) is 2.54. The zero-order valence-corrected chi connectivity index (χ0v) is 10.8. The molecular weight excluding hydrogens is 252 g/mol. The number of carbonyl (C=O) groups excluding carboxylic acids is 1. The molecule has 1 aliphatic rings. The van der Waals surface area contributed by atoms with Gasteiger partial charge in [0.2, 0.25) is 0 Å². The van der Waals surface area contributed by atoms with E-state index in [9.17, 15) is 4.79 Å². The first-order valence-electron chi connectivity index (χ1n) is 5.69. The Morgan fingerprint density at radius 3 is 2.94 bits per heavy atom. The third-order valence-electron chi connectivity index (χ3n) is 3.31. The highest BCUT2D eigenvalue weighted by atomic mass is 35.5. The van der Waals surface area contributed by atoms with Crippen molar-refractivity contribution in [2.75, 3.05) is 13.7 Å². The van der Waals surface area contributed by atoms with Gasteiger partial charge in [0.15, 0.2) is 0 Å². The molecule has 0 saturated heterocycles. The van der Waals surface area contributed by atoms with Gasteiger partial charge >= 0.3 is 5.97 Å². The van der Waals surface area contributed by atoms with Crippen molar-refractivity contribution in [1.29, 1.82) is 0 Å². The molecule has 0 spiro atoms. The van der Waals surface area contributed by atoms with Crippen LogP contribution in [0, 0.1) is 0 Å². The maximum atomic E-state index is 11.8. The SMILES string of the molecule is COC(=O)C1CNCc2[nH]c3ccccc3c21.Cl. The summed E-state index contributed by atoms with van der Waals surface area (Å²) in [6.45, 7) is 1.42. The van der Waals surface area contributed by atoms with Crippen LogP contribution in [0.5, 0.6) is 0 Å². The van der Waals surface area contributed by atoms with Crippen LogP contribution in [-0.2, 0) is 16.1 Å². The molecule has 0 saturated carbocycles. The summed E-state index contributed by atoms with van der Waals surface area (Å²) in [5, 5.41) is 4.36. The number of hydrogen-bond acceptors (Lipinski definition) is 3. The summed E-state index contributed by atoms with van der Waals surface area (Å²) in [6.07, 6.45) is 0. The number of esters is 1. The fraction of sp³-hybridized carbons (Fsp3) is 0.308. The number of aromatic amines is 1. The van der Waals surface area contributed by atoms with Crippen molar-refractivity contribution >= 4 is 29.3 Å². The standard InChI is InChI=1S/C13H14N2O2.ClH/c1-17-13(16)9-6-14-7-11-12(9)8-4-2-3-5-10(8)15-11;/h2-5,9,14-15H,6-7H2,1H3;1H. The third-order valence-corrected chi connectivity index (χ3v) is 3.31. The Hall–Kier alpha value is -1.52. The monoisotopic (exact) mass is 266 g/mol. The number of methoxy groups -OCH3 is 1. The van der Waals surface area contributed by atoms with Crippen LogP contribution < -0.4 is 5.32 Å². The molecule has 5 heteroatoms. The second-order valence-corrected chi connectivity index (χ2v) is 4.27. The van der Waals surface area contributed by atoms with E-state index in [4.69, 9.17) is 4.74 Å². The van der Waals surface area contributed by atoms with E-state index in [1.807, 2.05) is 24.3 Å². The molecule has 2 N–H and O–H groups in total. The zero-order valence-electron chi connectivity index (χ0n) is 10.0. The summed E-state index contributed by atoms with van der Waals surface area (Å²) in [5.41, 5.74) is 3.26. The van der Waals surface area contributed by atoms with E-state index >= 15 is 0 Å². The second-order valence-electron chi connectivity index (χ2n) is 4.27. The van der Waals surface area contributed by atoms with Gasteiger partial charge in [-0.15, -0.1) is 12.4 Å². The average molecular weight is 267 g/mol. The van der Waals surface area contributed by atoms with Gasteiger partial charge in [-0.25, -0.2) is 0 Å². The van der Waals surface area contributed by atoms with Crippen LogP contribution >= 0.6 is 12.4 Å². The van der Waals surface area contributed by atoms with E-state index in [1.165, 1.54) is 7.11 Å². The Labute approximate surface area is 111 Å². The molecule has 2 aromatic rings. The molecule has 0 bridgehead atoms. The lowest BCUT2D eigenvalue weighted by molar-refractivity contribution is -0.142. The van der Waals surface area contributed by atoms with Crippen LogP contribution in [0.4, 0.5) is 0 Å². The van der Waals surface area contributed by atoms with Gasteiger partial charge in [0, 0.05) is 29.7 Å². The number of rotatable bonds is 1. The van der Waals surface area contributed by atoms with E-state index in [0.717, 1.165) is 28.7 Å². The number of nitrogens with one attached hydrogen (secondary N) is 2. The van der Waals surface area contributed by atoms with Crippen molar-refractivity contribution in [3.63, 3.8) is 0 Å². The van der Waals surface area contributed by atoms with E-state index in [1.54, 1.807) is 0 Å². The molecule has 18 heavy (non-hydrogen) atoms. The van der Waals surface area contributed by atoms with E-state index in [-0.39, 0.29) is 24.3 Å². The highest BCUT2D eigenvalue weighted by Crippen LogP contribution is 2.32. The molecule has 1 aromatic heterocycles. The molecule has 0 amide bonds. The van der Waals surface area contributed by atoms with E-state index < -0.39 is 0 Å². The van der Waals surface area contributed by atoms with Gasteiger partial charge in [-0.2, -0.15) is 0 Å². The zero-order chi connectivity index (χ0) is 11.8. The van der Waals surface area contributed by atoms with E-state index in [2.05, 4.69) is 10.3 Å². The number of aromatic nitrogens is 1. The van der Waals surface area contributed by atoms with Gasteiger partial charge in [-0.1, -0.05) is 18.2 Å². The molecule has 1 aromatic carbocycles. The Balaban J connectivity index is 0.00000120. The van der Waals surface area contributed by atoms with Crippen LogP contribution in [-0.4, -0.2) is 24.6 Å². The van der Waals surface area contributed by atoms with Crippen LogP contribution in [0.25, 0.3) is 10.9 Å². The molecule has 0 aliphatic carbocycles. The summed E-state index contributed by atoms with van der Waals surface area (Å²) in [7, 11) is 1.44. The van der Waals surface area contributed by atoms with Crippen molar-refractivity contribution in [3.8, 4) is 0 Å². The number of para-hydroxylation sites is 1. The molecule has 2 heterocycles. The summed E-state index contributed by atoms with van der Waals surface area (Å²) in [5.74, 6) is -0.386. The highest BCUT2D eigenvalue weighted by molar-refractivity contribution is 5.91. The third kappa shape index (κ3) is 1.87. The van der Waals surface area contributed by atoms with Crippen LogP contribution in [0.3, 0.4) is 0 Å². The van der Waals surface area contributed by atoms with Gasteiger partial charge in [0.05, 0.1) is 13.0 Å². The van der Waals surface area contributed by atoms with Crippen molar-refractivity contribution in [1.82, 2.24) is 10.3 Å². The van der Waals surface area contributed by atoms with Crippen molar-refractivity contribution < 1.29 is 9.53 Å². The molecule has 0 radical (unpaired) electrons. The largest absolute Gasteiger partial charge is 0.469 e. The minimum absolute atomic E-state index is 0. The lowest BCUT2D eigenvalue weighted by Crippen LogP contribution is -2.32. The summed E-state index contributed by atoms with van der Waals surface area (Å²) in [6, 6.07) is 8.06. The van der Waals surface area contributed by atoms with Gasteiger partial charge in [0.25, 0.3) is 0 Å². The topological polar surface area (TPSA) is 54.1 Å². The second kappa shape index (κ2) is 5.00. The fourth-order valence-corrected chi connectivity index (χ4v) is 2.54. The first kappa shape index (κ1) is 12.9. The van der Waals surface area contributed by atoms with Gasteiger partial charge in [-0.05, 0) is 11.6 Å². The lowest BCUT2D eigenvalue weighted by Gasteiger charge is -2.21. The molecule has 1 atom stereocenters. The lowest BCUT2D eigenvalue weighted by atomic mass is 9.93. The molecule has 3 rings (SSSR count). The molecule has 96 valence electrons. The normalized spacial score (nSPS) is 17.9. The summed E-state index contributed by atoms with van der Waals surface area (Å²) in [4.78, 5) is 15.1. The minimum Gasteiger partial charge on any atom is -0.469 e. The Bertz CT molecular complexity index is 579. The number of H-pyrrole nitrogens is 1. The predicted octanol–water partition coefficient (Wildman–Crippen LogP) is 1.95. The van der Waals surface area contributed by atoms with Crippen LogP contribution in [0.15, 0.2) is 24.3 Å². The Morgan fingerprint density at radius 2 is 2.17 bits per heavy atom. The number of benzene rings is 1. The number of hydrogen-bond donors (Lipinski definition) is 2. The summed E-state index contributed by atoms with van der Waals surface area (Å²) >= 11 is 0. The van der Waals surface area contributed by atoms with Crippen molar-refractivity contribution in [3.05, 3.63) is 35.5 Å². The number of halogens is 1. The smallest absolute Gasteiger partial charge is 0.314 e. The number of ether oxygens (including phenoxy) is 1. The average Bonchev–Trinajstić information content (AvgIpc) is 2.76. The first-order chi connectivity index (χ1) is 8.31. The Morgan fingerprint density at radius 1 is 1.39 bits per heavy atom. The van der Waals surface area contributed by atoms with Crippen LogP contribution in [0.1, 0.15) is 17.2 Å². The maximum absolute atomic E-state index is 11.8. The van der Waals surface area contributed by atoms with Crippen LogP contribution in [0.2, 0.25) is 0 Å². The number of carbonyl (C=O) groups is 1. The quantitative estimate of drug-likeness (QED) is 0.776. The predicted molar refractivity (Wildman–Crippen MR) is 72.0 cm³/mol. The van der Waals surface area contributed by atoms with Gasteiger partial charge < -0.3 is 15.0 Å². The maximum Gasteiger partial charge on any atom is 0.314 e. The Kier molecular flexibility index (Phi) is 3.59. The van der Waals surface area contributed by atoms with E-state index in [0.29, 0.717) is 6.54 Å². The highest BCUT2D eigenvalue weighted by Gasteiger charge is 2.30. The molecular formula is C13H15ClN2O2. The molecule has 4 nitrogen and oxygen atoms in total. The molecule has 0 fully saturated rings. The first-order valence-corrected chi connectivity index (χ1v) is 5.69. The van der Waals surface area contributed by atoms with Crippen molar-refractivity contribution in [2.45, 2.75) is 12.5 Å². The van der Waals surface area contributed by atoms with Gasteiger partial charge in [-0.3, -0.25) is 4.79 Å². The molecule has 1 unspecified atom stereocenters. The minimum atomic E-state index is -0.208. The van der Waals surface area contributed by atoms with Crippen molar-refractivity contribution in [2.24, 2.45) is 0 Å². The number of fused-ring (bicyclic) bond motifs is 3. The van der Waals surface area contributed by atoms with Gasteiger partial charge in [0.1, 0.15) is 0 Å². The summed E-state index contributed by atoms with van der Waals surface area (Å²) < 4.78 is 4.87.